The molecule has 0 spiro atoms. The molecule has 178 valence electrons. The first kappa shape index (κ1) is 24.5. The third kappa shape index (κ3) is 6.08. The van der Waals surface area contributed by atoms with Crippen molar-refractivity contribution in [2.45, 2.75) is 71.4 Å². The lowest BCUT2D eigenvalue weighted by molar-refractivity contribution is -0.141. The lowest BCUT2D eigenvalue weighted by Gasteiger charge is -2.49. The van der Waals surface area contributed by atoms with Gasteiger partial charge in [0.15, 0.2) is 0 Å². The van der Waals surface area contributed by atoms with E-state index in [1.54, 1.807) is 0 Å². The van der Waals surface area contributed by atoms with Crippen molar-refractivity contribution in [2.24, 2.45) is 11.3 Å². The zero-order valence-electron chi connectivity index (χ0n) is 20.5. The van der Waals surface area contributed by atoms with Gasteiger partial charge in [0, 0.05) is 36.6 Å². The Morgan fingerprint density at radius 2 is 1.58 bits per heavy atom. The van der Waals surface area contributed by atoms with Gasteiger partial charge in [0.05, 0.1) is 6.04 Å². The molecule has 0 N–H and O–H groups in total. The molecule has 2 fully saturated rings. The third-order valence-electron chi connectivity index (χ3n) is 7.59. The van der Waals surface area contributed by atoms with Crippen LogP contribution in [-0.2, 0) is 4.79 Å². The molecule has 0 radical (unpaired) electrons. The molecule has 2 aliphatic rings. The Morgan fingerprint density at radius 3 is 2.21 bits per heavy atom. The predicted molar refractivity (Wildman–Crippen MR) is 140 cm³/mol. The first-order chi connectivity index (χ1) is 15.8. The Morgan fingerprint density at radius 1 is 0.939 bits per heavy atom. The zero-order valence-corrected chi connectivity index (χ0v) is 22.1. The van der Waals surface area contributed by atoms with Crippen LogP contribution >= 0.6 is 15.9 Å². The van der Waals surface area contributed by atoms with Crippen LogP contribution in [0.25, 0.3) is 0 Å². The second-order valence-corrected chi connectivity index (χ2v) is 12.0. The van der Waals surface area contributed by atoms with E-state index in [0.717, 1.165) is 30.5 Å². The quantitative estimate of drug-likeness (QED) is 0.429. The van der Waals surface area contributed by atoms with Gasteiger partial charge in [-0.05, 0) is 47.4 Å². The Hall–Kier alpha value is -1.65. The summed E-state index contributed by atoms with van der Waals surface area (Å²) in [4.78, 5) is 18.3. The maximum Gasteiger partial charge on any atom is 0.223 e. The molecule has 2 aromatic carbocycles. The molecule has 0 bridgehead atoms. The van der Waals surface area contributed by atoms with E-state index in [1.165, 1.54) is 43.2 Å². The number of carbonyl (C=O) groups excluding carboxylic acids is 1. The molecular weight excluding hydrogens is 472 g/mol. The van der Waals surface area contributed by atoms with Crippen LogP contribution in [0.2, 0.25) is 0 Å². The smallest absolute Gasteiger partial charge is 0.223 e. The van der Waals surface area contributed by atoms with Crippen molar-refractivity contribution in [1.29, 1.82) is 0 Å². The van der Waals surface area contributed by atoms with E-state index in [1.807, 2.05) is 0 Å². The fourth-order valence-corrected chi connectivity index (χ4v) is 5.99. The maximum atomic E-state index is 13.5. The molecule has 2 atom stereocenters. The van der Waals surface area contributed by atoms with E-state index in [2.05, 4.69) is 101 Å². The normalized spacial score (nSPS) is 21.7. The summed E-state index contributed by atoms with van der Waals surface area (Å²) in [5, 5.41) is 0. The summed E-state index contributed by atoms with van der Waals surface area (Å²) < 4.78 is 1.10. The van der Waals surface area contributed by atoms with Crippen molar-refractivity contribution < 1.29 is 4.79 Å². The number of nitrogens with zero attached hydrogens (tertiary/aromatic N) is 2. The first-order valence-corrected chi connectivity index (χ1v) is 13.5. The minimum atomic E-state index is 0.0296. The summed E-state index contributed by atoms with van der Waals surface area (Å²) in [6, 6.07) is 20.0. The molecule has 1 saturated heterocycles. The molecule has 3 nitrogen and oxygen atoms in total. The standard InChI is InChI=1S/C29H39BrN2O/c1-29(2,3)26-21-31(18-19-32(26)27(33)20-22-10-6-4-7-11-22)28(23-12-8-5-9-13-23)24-14-16-25(30)17-15-24/h5,8-9,12-17,22,26,28H,4,6-7,10-11,18-21H2,1-3H3/t26-,28?/m1/s1. The largest absolute Gasteiger partial charge is 0.337 e. The second kappa shape index (κ2) is 10.7. The summed E-state index contributed by atoms with van der Waals surface area (Å²) in [5.74, 6) is 0.964. The highest BCUT2D eigenvalue weighted by Crippen LogP contribution is 2.36. The van der Waals surface area contributed by atoms with Gasteiger partial charge in [-0.1, -0.05) is 98.4 Å². The van der Waals surface area contributed by atoms with E-state index in [9.17, 15) is 4.79 Å². The van der Waals surface area contributed by atoms with Crippen LogP contribution < -0.4 is 0 Å². The van der Waals surface area contributed by atoms with Gasteiger partial charge in [-0.25, -0.2) is 0 Å². The van der Waals surface area contributed by atoms with E-state index < -0.39 is 0 Å². The highest BCUT2D eigenvalue weighted by atomic mass is 79.9. The summed E-state index contributed by atoms with van der Waals surface area (Å²) in [6.07, 6.45) is 7.12. The van der Waals surface area contributed by atoms with Crippen molar-refractivity contribution in [3.8, 4) is 0 Å². The van der Waals surface area contributed by atoms with Crippen molar-refractivity contribution in [3.63, 3.8) is 0 Å². The summed E-state index contributed by atoms with van der Waals surface area (Å²) in [6.45, 7) is 9.49. The summed E-state index contributed by atoms with van der Waals surface area (Å²) in [7, 11) is 0. The Labute approximate surface area is 208 Å². The Kier molecular flexibility index (Phi) is 7.96. The minimum absolute atomic E-state index is 0.0296. The number of benzene rings is 2. The lowest BCUT2D eigenvalue weighted by Crippen LogP contribution is -2.60. The topological polar surface area (TPSA) is 23.6 Å². The number of rotatable bonds is 5. The number of halogens is 1. The molecule has 1 aliphatic heterocycles. The highest BCUT2D eigenvalue weighted by molar-refractivity contribution is 9.10. The molecule has 33 heavy (non-hydrogen) atoms. The van der Waals surface area contributed by atoms with Crippen LogP contribution in [0.1, 0.15) is 76.5 Å². The van der Waals surface area contributed by atoms with E-state index >= 15 is 0 Å². The van der Waals surface area contributed by atoms with Crippen LogP contribution in [0.3, 0.4) is 0 Å². The molecule has 1 heterocycles. The van der Waals surface area contributed by atoms with Crippen LogP contribution in [-0.4, -0.2) is 41.4 Å². The molecule has 4 rings (SSSR count). The van der Waals surface area contributed by atoms with Gasteiger partial charge in [-0.15, -0.1) is 0 Å². The van der Waals surface area contributed by atoms with Crippen molar-refractivity contribution in [3.05, 3.63) is 70.2 Å². The SMILES string of the molecule is CC(C)(C)[C@H]1CN(C(c2ccccc2)c2ccc(Br)cc2)CCN1C(=O)CC1CCCCC1. The number of amides is 1. The summed E-state index contributed by atoms with van der Waals surface area (Å²) >= 11 is 3.59. The molecule has 1 saturated carbocycles. The summed E-state index contributed by atoms with van der Waals surface area (Å²) in [5.41, 5.74) is 2.65. The molecule has 2 aromatic rings. The minimum Gasteiger partial charge on any atom is -0.337 e. The number of carbonyl (C=O) groups is 1. The maximum absolute atomic E-state index is 13.5. The van der Waals surface area contributed by atoms with Gasteiger partial charge in [-0.3, -0.25) is 9.69 Å². The second-order valence-electron chi connectivity index (χ2n) is 11.0. The molecule has 4 heteroatoms. The van der Waals surface area contributed by atoms with Gasteiger partial charge in [-0.2, -0.15) is 0 Å². The van der Waals surface area contributed by atoms with Gasteiger partial charge in [0.25, 0.3) is 0 Å². The molecule has 1 amide bonds. The average molecular weight is 512 g/mol. The lowest BCUT2D eigenvalue weighted by atomic mass is 9.82. The molecule has 0 aromatic heterocycles. The van der Waals surface area contributed by atoms with E-state index in [0.29, 0.717) is 11.8 Å². The van der Waals surface area contributed by atoms with Gasteiger partial charge in [0.1, 0.15) is 0 Å². The zero-order chi connectivity index (χ0) is 23.4. The van der Waals surface area contributed by atoms with Crippen LogP contribution in [0.4, 0.5) is 0 Å². The van der Waals surface area contributed by atoms with Gasteiger partial charge in [0.2, 0.25) is 5.91 Å². The highest BCUT2D eigenvalue weighted by Gasteiger charge is 2.40. The van der Waals surface area contributed by atoms with E-state index in [-0.39, 0.29) is 17.5 Å². The monoisotopic (exact) mass is 510 g/mol. The van der Waals surface area contributed by atoms with Crippen LogP contribution in [0, 0.1) is 11.3 Å². The number of piperazine rings is 1. The molecule has 1 unspecified atom stereocenters. The number of hydrogen-bond donors (Lipinski definition) is 0. The first-order valence-electron chi connectivity index (χ1n) is 12.7. The van der Waals surface area contributed by atoms with Crippen LogP contribution in [0.15, 0.2) is 59.1 Å². The fraction of sp³-hybridized carbons (Fsp3) is 0.552. The van der Waals surface area contributed by atoms with Gasteiger partial charge < -0.3 is 4.90 Å². The number of hydrogen-bond acceptors (Lipinski definition) is 2. The van der Waals surface area contributed by atoms with Crippen molar-refractivity contribution in [2.75, 3.05) is 19.6 Å². The molecule has 1 aliphatic carbocycles. The Bertz CT molecular complexity index is 899. The van der Waals surface area contributed by atoms with Crippen molar-refractivity contribution in [1.82, 2.24) is 9.80 Å². The van der Waals surface area contributed by atoms with Gasteiger partial charge >= 0.3 is 0 Å². The fourth-order valence-electron chi connectivity index (χ4n) is 5.73. The van der Waals surface area contributed by atoms with E-state index in [4.69, 9.17) is 0 Å². The predicted octanol–water partition coefficient (Wildman–Crippen LogP) is 7.07. The van der Waals surface area contributed by atoms with Crippen molar-refractivity contribution >= 4 is 21.8 Å². The Balaban J connectivity index is 1.57. The van der Waals surface area contributed by atoms with Crippen LogP contribution in [0.5, 0.6) is 0 Å². The third-order valence-corrected chi connectivity index (χ3v) is 8.11. The molecular formula is C29H39BrN2O. The average Bonchev–Trinajstić information content (AvgIpc) is 2.81.